The van der Waals surface area contributed by atoms with Gasteiger partial charge in [0.15, 0.2) is 23.1 Å². The molecular weight excluding hydrogens is 1780 g/mol. The van der Waals surface area contributed by atoms with Gasteiger partial charge in [-0.2, -0.15) is 6.42 Å². The fraction of sp³-hybridized carbons (Fsp3) is 0.571. The van der Waals surface area contributed by atoms with Gasteiger partial charge in [-0.15, -0.1) is 6.42 Å². The maximum absolute atomic E-state index is 12.3. The molecule has 4 amide bonds. The summed E-state index contributed by atoms with van der Waals surface area (Å²) in [7, 11) is 0. The first kappa shape index (κ1) is 126. The number of Topliss-reactive ketones (excluding diaryl/α,β-unsaturated/α-hetero) is 12. The van der Waals surface area contributed by atoms with Gasteiger partial charge in [0.25, 0.3) is 23.6 Å². The van der Waals surface area contributed by atoms with Crippen molar-refractivity contribution < 1.29 is 315 Å². The van der Waals surface area contributed by atoms with Crippen LogP contribution >= 0.6 is 0 Å². The molecule has 0 aromatic heterocycles. The summed E-state index contributed by atoms with van der Waals surface area (Å²) in [6.07, 6.45) is 15.2. The molecule has 522 valence electrons. The standard InChI is InChI=1S/C18H20N2O6.C10H18O2.C10H16O2.C9H14O2.C8H13O2.C8H10O2.C4H7O.C3H5O.7Y/c1-11(13(21)7-9-19-15(23)3-4-16(19)24)12(2)14(22)8-10-20-17(25)5-6-18(20)26;2*1-5-9(11)7(3)8(4)10(12)6-2;1-4-8(10)6-7(3)9(11)5-2;2*1-3-7(9)5-6-8(10)4-2;1-3-4(2)5;1-2-3-4;;;;;;;/h3-6,11-12H,7-10H2,1-2H3;7-8H,5-6H2,1-4H3;5-6H2,1-4H3;6H,4-5H2,1-3H3;5H,3-4,6H2,1-2H3;3-4H2,1-2H3;2-3H2,1H3;2H2,1H3;;;;;;;/q;;;;-1;;2*-1;;;;;;;+3/b;;8-7-;7-6-;;;;;;;;;;;/t11-,12?;7-,8?;;;;;;;;;;;;;/m00............./s1. The molecule has 0 aromatic carbocycles. The Morgan fingerprint density at radius 1 is 0.454 bits per heavy atom. The molecule has 97 heavy (non-hydrogen) atoms. The number of amides is 4. The van der Waals surface area contributed by atoms with Crippen LogP contribution in [0.5, 0.6) is 0 Å². The van der Waals surface area contributed by atoms with E-state index in [2.05, 4.69) is 18.8 Å². The summed E-state index contributed by atoms with van der Waals surface area (Å²) in [4.78, 5) is 200. The van der Waals surface area contributed by atoms with Crippen LogP contribution in [-0.4, -0.2) is 128 Å². The second-order valence-corrected chi connectivity index (χ2v) is 20.1. The summed E-state index contributed by atoms with van der Waals surface area (Å²) in [5.41, 5.74) is 1.80. The molecule has 4 atom stereocenters. The van der Waals surface area contributed by atoms with Crippen LogP contribution in [0.3, 0.4) is 0 Å². The summed E-state index contributed by atoms with van der Waals surface area (Å²) < 4.78 is 0. The maximum Gasteiger partial charge on any atom is 3.00 e. The van der Waals surface area contributed by atoms with E-state index in [0.29, 0.717) is 100 Å². The van der Waals surface area contributed by atoms with E-state index in [1.54, 1.807) is 110 Å². The molecule has 27 heteroatoms. The van der Waals surface area contributed by atoms with Gasteiger partial charge in [-0.05, 0) is 79.8 Å². The second kappa shape index (κ2) is 79.8. The van der Waals surface area contributed by atoms with Gasteiger partial charge in [-0.3, -0.25) is 83.2 Å². The molecule has 0 fully saturated rings. The van der Waals surface area contributed by atoms with E-state index in [1.165, 1.54) is 12.5 Å². The average molecular weight is 1880 g/mol. The number of hydrogen-bond acceptors (Lipinski definition) is 18. The Morgan fingerprint density at radius 3 is 0.959 bits per heavy atom. The van der Waals surface area contributed by atoms with Crippen LogP contribution in [0.15, 0.2) is 47.1 Å². The third-order valence-electron chi connectivity index (χ3n) is 13.5. The van der Waals surface area contributed by atoms with Gasteiger partial charge in [0.1, 0.15) is 28.9 Å². The van der Waals surface area contributed by atoms with Crippen molar-refractivity contribution in [1.29, 1.82) is 0 Å². The van der Waals surface area contributed by atoms with E-state index in [-0.39, 0.29) is 342 Å². The zero-order chi connectivity index (χ0) is 71.4. The van der Waals surface area contributed by atoms with Gasteiger partial charge in [-0.1, -0.05) is 111 Å². The van der Waals surface area contributed by atoms with Crippen molar-refractivity contribution in [2.24, 2.45) is 23.7 Å². The normalized spacial score (nSPS) is 12.1. The van der Waals surface area contributed by atoms with Crippen molar-refractivity contribution in [3.8, 4) is 11.8 Å². The van der Waals surface area contributed by atoms with Gasteiger partial charge < -0.3 is 32.5 Å². The van der Waals surface area contributed by atoms with Crippen LogP contribution in [-0.2, 0) is 315 Å². The topological polar surface area (TPSA) is 314 Å². The average Bonchev–Trinajstić information content (AvgIpc) is 1.91. The van der Waals surface area contributed by atoms with E-state index in [4.69, 9.17) is 4.79 Å². The molecule has 2 rings (SSSR count). The Balaban J connectivity index is -0.0000000793. The van der Waals surface area contributed by atoms with Crippen LogP contribution in [0, 0.1) is 48.9 Å². The molecule has 0 spiro atoms. The van der Waals surface area contributed by atoms with E-state index in [0.717, 1.165) is 34.1 Å². The number of imide groups is 2. The molecule has 0 aliphatic carbocycles. The number of carbonyl (C=O) groups excluding carboxylic acids is 18. The smallest absolute Gasteiger partial charge is 0.542 e. The SMILES string of the molecule is CC(C(=O)CCN1C(=O)C=CC1=O)[C@H](C)C(=O)CCN1C(=O)C=CC1=O.CCC(=O)/C(C)=C(/C)C(=O)CC.CCC(=O)/C=C(/C)C(=O)CC.CCC(=O)C#CC(=O)CC.CCC(=O)C(C)[C@H](C)C(=O)CC.CCC(=O)[CH-]CC(=O)CC.CC[C-]=O.[CH2-]C(=O)CC.[Y+3].[Y].[Y].[Y].[Y].[Y].[Y]. The molecular formula is C70H103N2O18Y7. The first-order valence-electron chi connectivity index (χ1n) is 30.8. The molecule has 6 radical (unpaired) electrons. The van der Waals surface area contributed by atoms with Gasteiger partial charge >= 0.3 is 32.7 Å². The van der Waals surface area contributed by atoms with Crippen molar-refractivity contribution in [2.45, 2.75) is 228 Å². The maximum atomic E-state index is 12.3. The summed E-state index contributed by atoms with van der Waals surface area (Å²) in [6.45, 7) is 36.5. The first-order valence-corrected chi connectivity index (χ1v) is 30.8. The van der Waals surface area contributed by atoms with E-state index in [1.807, 2.05) is 27.7 Å². The van der Waals surface area contributed by atoms with Crippen molar-refractivity contribution in [1.82, 2.24) is 9.80 Å². The largest absolute Gasteiger partial charge is 3.00 e. The van der Waals surface area contributed by atoms with Gasteiger partial charge in [0.05, 0.1) is 0 Å². The second-order valence-electron chi connectivity index (χ2n) is 20.1. The minimum Gasteiger partial charge on any atom is -0.542 e. The third kappa shape index (κ3) is 66.1. The monoisotopic (exact) mass is 1880 g/mol. The molecule has 0 saturated heterocycles. The number of ketones is 13. The molecule has 0 saturated carbocycles. The number of hydrogen-bond donors (Lipinski definition) is 0. The Morgan fingerprint density at radius 2 is 0.742 bits per heavy atom. The Bertz CT molecular complexity index is 2510. The minimum absolute atomic E-state index is 0. The quantitative estimate of drug-likeness (QED) is 0.0205. The summed E-state index contributed by atoms with van der Waals surface area (Å²) in [6, 6.07) is 0. The summed E-state index contributed by atoms with van der Waals surface area (Å²) in [5, 5.41) is 0. The van der Waals surface area contributed by atoms with Crippen LogP contribution in [0.4, 0.5) is 0 Å². The zero-order valence-electron chi connectivity index (χ0n) is 61.3. The molecule has 20 nitrogen and oxygen atoms in total. The molecule has 0 bridgehead atoms. The molecule has 2 aliphatic heterocycles. The molecule has 2 aliphatic rings. The Kier molecular flexibility index (Phi) is 104. The van der Waals surface area contributed by atoms with Crippen molar-refractivity contribution in [2.75, 3.05) is 13.1 Å². The van der Waals surface area contributed by atoms with Gasteiger partial charge in [0.2, 0.25) is 11.6 Å². The van der Waals surface area contributed by atoms with Crippen molar-refractivity contribution >= 4 is 105 Å². The van der Waals surface area contributed by atoms with Crippen molar-refractivity contribution in [3.05, 3.63) is 60.4 Å². The number of nitrogens with zero attached hydrogens (tertiary/aromatic N) is 2. The third-order valence-corrected chi connectivity index (χ3v) is 13.5. The van der Waals surface area contributed by atoms with Gasteiger partial charge in [-0.25, -0.2) is 0 Å². The van der Waals surface area contributed by atoms with Crippen molar-refractivity contribution in [3.63, 3.8) is 0 Å². The predicted octanol–water partition coefficient (Wildman–Crippen LogP) is 10.2. The summed E-state index contributed by atoms with van der Waals surface area (Å²) >= 11 is 0. The van der Waals surface area contributed by atoms with E-state index in [9.17, 15) is 81.5 Å². The van der Waals surface area contributed by atoms with E-state index < -0.39 is 35.5 Å². The van der Waals surface area contributed by atoms with Crippen LogP contribution in [0.25, 0.3) is 0 Å². The number of rotatable bonds is 31. The fourth-order valence-electron chi connectivity index (χ4n) is 6.45. The molecule has 2 unspecified atom stereocenters. The zero-order valence-corrected chi connectivity index (χ0v) is 81.2. The Hall–Kier alpha value is -0.353. The molecule has 2 heterocycles. The Labute approximate surface area is 755 Å². The summed E-state index contributed by atoms with van der Waals surface area (Å²) in [5.74, 6) is 1.22. The number of allylic oxidation sites excluding steroid dienone is 4. The minimum atomic E-state index is -0.591. The van der Waals surface area contributed by atoms with Crippen LogP contribution in [0.1, 0.15) is 228 Å². The molecule has 0 aromatic rings. The predicted molar refractivity (Wildman–Crippen MR) is 346 cm³/mol. The fourth-order valence-corrected chi connectivity index (χ4v) is 6.45. The number of carbonyl (C=O) groups is 17. The van der Waals surface area contributed by atoms with Crippen LogP contribution < -0.4 is 0 Å². The first-order chi connectivity index (χ1) is 42.0. The van der Waals surface area contributed by atoms with E-state index >= 15 is 0 Å². The van der Waals surface area contributed by atoms with Gasteiger partial charge in [0, 0.05) is 328 Å². The molecule has 0 N–H and O–H groups in total. The van der Waals surface area contributed by atoms with Crippen LogP contribution in [0.2, 0.25) is 0 Å².